The van der Waals surface area contributed by atoms with Gasteiger partial charge in [-0.1, -0.05) is 0 Å². The molecule has 0 radical (unpaired) electrons. The molecular formula is C10H8F2O2. The molecule has 1 rings (SSSR count). The van der Waals surface area contributed by atoms with Gasteiger partial charge < -0.3 is 4.74 Å². The first-order chi connectivity index (χ1) is 6.61. The molecule has 0 atom stereocenters. The molecule has 0 saturated carbocycles. The summed E-state index contributed by atoms with van der Waals surface area (Å²) in [4.78, 5) is 10.7. The second kappa shape index (κ2) is 4.50. The first-order valence-electron chi connectivity index (χ1n) is 3.84. The number of esters is 1. The number of methoxy groups -OCH3 is 1. The van der Waals surface area contributed by atoms with Gasteiger partial charge in [-0.3, -0.25) is 0 Å². The average Bonchev–Trinajstić information content (AvgIpc) is 2.12. The summed E-state index contributed by atoms with van der Waals surface area (Å²) < 4.78 is 29.6. The molecule has 14 heavy (non-hydrogen) atoms. The highest BCUT2D eigenvalue weighted by Gasteiger charge is 1.98. The predicted octanol–water partition coefficient (Wildman–Crippen LogP) is 2.15. The molecule has 74 valence electrons. The zero-order chi connectivity index (χ0) is 10.6. The quantitative estimate of drug-likeness (QED) is 0.537. The summed E-state index contributed by atoms with van der Waals surface area (Å²) in [6, 6.07) is 2.99. The van der Waals surface area contributed by atoms with Crippen LogP contribution in [0.1, 0.15) is 5.56 Å². The zero-order valence-corrected chi connectivity index (χ0v) is 7.46. The molecule has 0 amide bonds. The van der Waals surface area contributed by atoms with E-state index >= 15 is 0 Å². The summed E-state index contributed by atoms with van der Waals surface area (Å²) in [6.45, 7) is 0. The Morgan fingerprint density at radius 2 is 1.86 bits per heavy atom. The van der Waals surface area contributed by atoms with Crippen molar-refractivity contribution in [3.8, 4) is 0 Å². The van der Waals surface area contributed by atoms with E-state index in [4.69, 9.17) is 0 Å². The monoisotopic (exact) mass is 198 g/mol. The largest absolute Gasteiger partial charge is 0.466 e. The van der Waals surface area contributed by atoms with E-state index in [1.165, 1.54) is 13.2 Å². The smallest absolute Gasteiger partial charge is 0.330 e. The molecule has 1 aromatic rings. The van der Waals surface area contributed by atoms with Gasteiger partial charge in [0.15, 0.2) is 0 Å². The van der Waals surface area contributed by atoms with Crippen molar-refractivity contribution in [1.82, 2.24) is 0 Å². The van der Waals surface area contributed by atoms with E-state index in [0.29, 0.717) is 0 Å². The van der Waals surface area contributed by atoms with Gasteiger partial charge in [0.2, 0.25) is 0 Å². The van der Waals surface area contributed by atoms with Crippen LogP contribution in [0.3, 0.4) is 0 Å². The molecule has 1 aromatic carbocycles. The SMILES string of the molecule is COC(=O)C=Cc1cc(F)cc(F)c1. The van der Waals surface area contributed by atoms with Crippen LogP contribution in [0.25, 0.3) is 6.08 Å². The normalized spacial score (nSPS) is 10.5. The molecule has 0 unspecified atom stereocenters. The fourth-order valence-electron chi connectivity index (χ4n) is 0.904. The highest BCUT2D eigenvalue weighted by atomic mass is 19.1. The Hall–Kier alpha value is -1.71. The van der Waals surface area contributed by atoms with Crippen molar-refractivity contribution in [3.63, 3.8) is 0 Å². The summed E-state index contributed by atoms with van der Waals surface area (Å²) in [5.74, 6) is -1.95. The van der Waals surface area contributed by atoms with Gasteiger partial charge in [-0.25, -0.2) is 13.6 Å². The summed E-state index contributed by atoms with van der Waals surface area (Å²) in [5.41, 5.74) is 0.271. The van der Waals surface area contributed by atoms with E-state index in [1.54, 1.807) is 0 Å². The molecule has 0 bridgehead atoms. The number of hydrogen-bond donors (Lipinski definition) is 0. The molecule has 0 N–H and O–H groups in total. The van der Waals surface area contributed by atoms with Crippen molar-refractivity contribution >= 4 is 12.0 Å². The fraction of sp³-hybridized carbons (Fsp3) is 0.100. The standard InChI is InChI=1S/C10H8F2O2/c1-14-10(13)3-2-7-4-8(11)6-9(12)5-7/h2-6H,1H3. The lowest BCUT2D eigenvalue weighted by Gasteiger charge is -1.95. The number of ether oxygens (including phenoxy) is 1. The fourth-order valence-corrected chi connectivity index (χ4v) is 0.904. The summed E-state index contributed by atoms with van der Waals surface area (Å²) >= 11 is 0. The number of benzene rings is 1. The molecular weight excluding hydrogens is 190 g/mol. The molecule has 0 aliphatic carbocycles. The maximum Gasteiger partial charge on any atom is 0.330 e. The molecule has 4 heteroatoms. The molecule has 2 nitrogen and oxygen atoms in total. The molecule has 0 heterocycles. The van der Waals surface area contributed by atoms with Gasteiger partial charge >= 0.3 is 5.97 Å². The molecule has 0 fully saturated rings. The Bertz CT molecular complexity index is 352. The van der Waals surface area contributed by atoms with Gasteiger partial charge in [0.25, 0.3) is 0 Å². The predicted molar refractivity (Wildman–Crippen MR) is 47.4 cm³/mol. The lowest BCUT2D eigenvalue weighted by Crippen LogP contribution is -1.93. The van der Waals surface area contributed by atoms with Crippen LogP contribution >= 0.6 is 0 Å². The molecule has 0 aliphatic rings. The van der Waals surface area contributed by atoms with Crippen LogP contribution in [0, 0.1) is 11.6 Å². The number of halogens is 2. The maximum atomic E-state index is 12.6. The van der Waals surface area contributed by atoms with Gasteiger partial charge in [-0.2, -0.15) is 0 Å². The molecule has 0 saturated heterocycles. The van der Waals surface area contributed by atoms with E-state index in [-0.39, 0.29) is 5.56 Å². The third kappa shape index (κ3) is 2.97. The van der Waals surface area contributed by atoms with Crippen molar-refractivity contribution in [2.45, 2.75) is 0 Å². The van der Waals surface area contributed by atoms with E-state index in [0.717, 1.165) is 24.3 Å². The van der Waals surface area contributed by atoms with Gasteiger partial charge in [-0.05, 0) is 23.8 Å². The van der Waals surface area contributed by atoms with Crippen molar-refractivity contribution in [2.75, 3.05) is 7.11 Å². The topological polar surface area (TPSA) is 26.3 Å². The maximum absolute atomic E-state index is 12.6. The third-order valence-electron chi connectivity index (χ3n) is 1.50. The second-order valence-corrected chi connectivity index (χ2v) is 2.56. The van der Waals surface area contributed by atoms with E-state index in [1.807, 2.05) is 0 Å². The van der Waals surface area contributed by atoms with Crippen LogP contribution in [0.4, 0.5) is 8.78 Å². The van der Waals surface area contributed by atoms with E-state index < -0.39 is 17.6 Å². The first kappa shape index (κ1) is 10.4. The van der Waals surface area contributed by atoms with Crippen LogP contribution in [0.5, 0.6) is 0 Å². The minimum Gasteiger partial charge on any atom is -0.466 e. The summed E-state index contributed by atoms with van der Waals surface area (Å²) in [7, 11) is 1.22. The molecule has 0 aromatic heterocycles. The average molecular weight is 198 g/mol. The van der Waals surface area contributed by atoms with Crippen molar-refractivity contribution in [1.29, 1.82) is 0 Å². The molecule has 0 aliphatic heterocycles. The van der Waals surface area contributed by atoms with Crippen LogP contribution in [-0.4, -0.2) is 13.1 Å². The van der Waals surface area contributed by atoms with Crippen LogP contribution in [0.15, 0.2) is 24.3 Å². The number of hydrogen-bond acceptors (Lipinski definition) is 2. The Morgan fingerprint density at radius 3 is 2.36 bits per heavy atom. The van der Waals surface area contributed by atoms with Crippen LogP contribution in [0.2, 0.25) is 0 Å². The second-order valence-electron chi connectivity index (χ2n) is 2.56. The van der Waals surface area contributed by atoms with Crippen molar-refractivity contribution in [2.24, 2.45) is 0 Å². The van der Waals surface area contributed by atoms with Crippen molar-refractivity contribution in [3.05, 3.63) is 41.5 Å². The Kier molecular flexibility index (Phi) is 3.34. The van der Waals surface area contributed by atoms with E-state index in [9.17, 15) is 13.6 Å². The highest BCUT2D eigenvalue weighted by molar-refractivity contribution is 5.86. The first-order valence-corrected chi connectivity index (χ1v) is 3.84. The van der Waals surface area contributed by atoms with Gasteiger partial charge in [0.05, 0.1) is 7.11 Å². The number of carbonyl (C=O) groups is 1. The van der Waals surface area contributed by atoms with Crippen LogP contribution < -0.4 is 0 Å². The minimum atomic E-state index is -0.686. The third-order valence-corrected chi connectivity index (χ3v) is 1.50. The number of rotatable bonds is 2. The zero-order valence-electron chi connectivity index (χ0n) is 7.46. The Balaban J connectivity index is 2.86. The molecule has 0 spiro atoms. The minimum absolute atomic E-state index is 0.271. The Morgan fingerprint density at radius 1 is 1.29 bits per heavy atom. The number of carbonyl (C=O) groups excluding carboxylic acids is 1. The Labute approximate surface area is 79.8 Å². The lowest BCUT2D eigenvalue weighted by molar-refractivity contribution is -0.134. The highest BCUT2D eigenvalue weighted by Crippen LogP contribution is 2.09. The van der Waals surface area contributed by atoms with Gasteiger partial charge in [0, 0.05) is 12.1 Å². The van der Waals surface area contributed by atoms with Crippen molar-refractivity contribution < 1.29 is 18.3 Å². The van der Waals surface area contributed by atoms with E-state index in [2.05, 4.69) is 4.74 Å². The summed E-state index contributed by atoms with van der Waals surface area (Å²) in [6.07, 6.45) is 2.37. The lowest BCUT2D eigenvalue weighted by atomic mass is 10.2. The van der Waals surface area contributed by atoms with Crippen LogP contribution in [-0.2, 0) is 9.53 Å². The van der Waals surface area contributed by atoms with Gasteiger partial charge in [-0.15, -0.1) is 0 Å². The van der Waals surface area contributed by atoms with Gasteiger partial charge in [0.1, 0.15) is 11.6 Å². The summed E-state index contributed by atoms with van der Waals surface area (Å²) in [5, 5.41) is 0.